The van der Waals surface area contributed by atoms with E-state index in [2.05, 4.69) is 53.0 Å². The third kappa shape index (κ3) is 4.72. The number of anilines is 1. The molecule has 1 aliphatic rings. The summed E-state index contributed by atoms with van der Waals surface area (Å²) in [5, 5.41) is 0. The summed E-state index contributed by atoms with van der Waals surface area (Å²) in [6.45, 7) is 7.46. The first-order valence-electron chi connectivity index (χ1n) is 8.65. The highest BCUT2D eigenvalue weighted by Gasteiger charge is 2.21. The van der Waals surface area contributed by atoms with E-state index in [1.54, 1.807) is 30.4 Å². The highest BCUT2D eigenvalue weighted by Crippen LogP contribution is 2.22. The van der Waals surface area contributed by atoms with E-state index in [9.17, 15) is 4.79 Å². The highest BCUT2D eigenvalue weighted by molar-refractivity contribution is 8.00. The van der Waals surface area contributed by atoms with E-state index in [0.717, 1.165) is 36.9 Å². The molecular weight excluding hydrogens is 332 g/mol. The zero-order chi connectivity index (χ0) is 17.6. The van der Waals surface area contributed by atoms with Crippen LogP contribution in [0.1, 0.15) is 25.3 Å². The molecule has 1 aromatic heterocycles. The Balaban J connectivity index is 1.46. The van der Waals surface area contributed by atoms with Gasteiger partial charge in [-0.15, -0.1) is 11.8 Å². The summed E-state index contributed by atoms with van der Waals surface area (Å²) in [6.07, 6.45) is 5.15. The fourth-order valence-corrected chi connectivity index (χ4v) is 3.63. The van der Waals surface area contributed by atoms with Crippen molar-refractivity contribution < 1.29 is 4.79 Å². The van der Waals surface area contributed by atoms with E-state index < -0.39 is 0 Å². The van der Waals surface area contributed by atoms with Crippen LogP contribution in [0.25, 0.3) is 0 Å². The van der Waals surface area contributed by atoms with Crippen molar-refractivity contribution in [2.45, 2.75) is 24.7 Å². The summed E-state index contributed by atoms with van der Waals surface area (Å²) in [7, 11) is 0. The van der Waals surface area contributed by atoms with Gasteiger partial charge in [0.05, 0.1) is 11.9 Å². The minimum absolute atomic E-state index is 0.205. The fraction of sp³-hybridized carbons (Fsp3) is 0.421. The maximum absolute atomic E-state index is 12.4. The summed E-state index contributed by atoms with van der Waals surface area (Å²) < 4.78 is 0. The van der Waals surface area contributed by atoms with Gasteiger partial charge in [-0.1, -0.05) is 26.0 Å². The van der Waals surface area contributed by atoms with Crippen molar-refractivity contribution in [3.8, 4) is 0 Å². The zero-order valence-electron chi connectivity index (χ0n) is 14.8. The Kier molecular flexibility index (Phi) is 5.91. The number of hydrogen-bond donors (Lipinski definition) is 0. The molecule has 1 amide bonds. The van der Waals surface area contributed by atoms with Crippen LogP contribution in [0.5, 0.6) is 0 Å². The number of amides is 1. The topological polar surface area (TPSA) is 49.3 Å². The molecule has 0 unspecified atom stereocenters. The lowest BCUT2D eigenvalue weighted by atomic mass is 10.0. The molecule has 25 heavy (non-hydrogen) atoms. The van der Waals surface area contributed by atoms with Crippen molar-refractivity contribution in [3.63, 3.8) is 0 Å². The molecule has 0 atom stereocenters. The number of benzene rings is 1. The molecule has 6 heteroatoms. The first-order valence-corrected chi connectivity index (χ1v) is 9.63. The van der Waals surface area contributed by atoms with Crippen LogP contribution in [0.4, 0.5) is 5.82 Å². The molecule has 3 rings (SSSR count). The third-order valence-electron chi connectivity index (χ3n) is 4.41. The normalized spacial score (nSPS) is 14.8. The largest absolute Gasteiger partial charge is 0.352 e. The van der Waals surface area contributed by atoms with Gasteiger partial charge in [-0.2, -0.15) is 0 Å². The van der Waals surface area contributed by atoms with Gasteiger partial charge in [0.25, 0.3) is 0 Å². The number of rotatable bonds is 5. The summed E-state index contributed by atoms with van der Waals surface area (Å²) in [6, 6.07) is 8.52. The van der Waals surface area contributed by atoms with Crippen LogP contribution in [-0.4, -0.2) is 52.7 Å². The van der Waals surface area contributed by atoms with Crippen LogP contribution >= 0.6 is 11.8 Å². The Morgan fingerprint density at radius 3 is 2.44 bits per heavy atom. The van der Waals surface area contributed by atoms with Gasteiger partial charge in [-0.25, -0.2) is 4.98 Å². The van der Waals surface area contributed by atoms with Crippen LogP contribution in [-0.2, 0) is 4.79 Å². The predicted octanol–water partition coefficient (Wildman–Crippen LogP) is 3.04. The predicted molar refractivity (Wildman–Crippen MR) is 102 cm³/mol. The van der Waals surface area contributed by atoms with Gasteiger partial charge in [0.15, 0.2) is 0 Å². The molecule has 1 saturated heterocycles. The smallest absolute Gasteiger partial charge is 0.233 e. The summed E-state index contributed by atoms with van der Waals surface area (Å²) >= 11 is 1.61. The van der Waals surface area contributed by atoms with Crippen LogP contribution in [0.3, 0.4) is 0 Å². The van der Waals surface area contributed by atoms with Gasteiger partial charge in [0, 0.05) is 43.5 Å². The fourth-order valence-electron chi connectivity index (χ4n) is 2.82. The standard InChI is InChI=1S/C19H24N4OS/c1-15(2)16-3-5-17(6-4-16)25-14-19(24)23-11-9-22(10-12-23)18-13-20-7-8-21-18/h3-8,13,15H,9-12,14H2,1-2H3. The van der Waals surface area contributed by atoms with E-state index in [4.69, 9.17) is 0 Å². The minimum Gasteiger partial charge on any atom is -0.352 e. The Bertz CT molecular complexity index is 682. The lowest BCUT2D eigenvalue weighted by Gasteiger charge is -2.35. The van der Waals surface area contributed by atoms with E-state index in [1.807, 2.05) is 4.90 Å². The Hall–Kier alpha value is -2.08. The molecular formula is C19H24N4OS. The third-order valence-corrected chi connectivity index (χ3v) is 5.41. The van der Waals surface area contributed by atoms with Gasteiger partial charge >= 0.3 is 0 Å². The number of nitrogens with zero attached hydrogens (tertiary/aromatic N) is 4. The summed E-state index contributed by atoms with van der Waals surface area (Å²) in [4.78, 5) is 26.1. The second-order valence-electron chi connectivity index (χ2n) is 6.44. The van der Waals surface area contributed by atoms with Gasteiger partial charge in [0.1, 0.15) is 5.82 Å². The molecule has 0 radical (unpaired) electrons. The second kappa shape index (κ2) is 8.34. The van der Waals surface area contributed by atoms with Crippen LogP contribution in [0.2, 0.25) is 0 Å². The average Bonchev–Trinajstić information content (AvgIpc) is 2.67. The first-order chi connectivity index (χ1) is 12.1. The van der Waals surface area contributed by atoms with Crippen molar-refractivity contribution in [2.24, 2.45) is 0 Å². The molecule has 5 nitrogen and oxygen atoms in total. The molecule has 2 heterocycles. The molecule has 0 bridgehead atoms. The molecule has 1 fully saturated rings. The van der Waals surface area contributed by atoms with Crippen LogP contribution in [0, 0.1) is 0 Å². The minimum atomic E-state index is 0.205. The number of piperazine rings is 1. The van der Waals surface area contributed by atoms with E-state index in [1.165, 1.54) is 5.56 Å². The molecule has 2 aromatic rings. The lowest BCUT2D eigenvalue weighted by Crippen LogP contribution is -2.49. The monoisotopic (exact) mass is 356 g/mol. The quantitative estimate of drug-likeness (QED) is 0.771. The van der Waals surface area contributed by atoms with E-state index in [0.29, 0.717) is 11.7 Å². The summed E-state index contributed by atoms with van der Waals surface area (Å²) in [5.41, 5.74) is 1.33. The van der Waals surface area contributed by atoms with Crippen LogP contribution < -0.4 is 4.90 Å². The maximum atomic E-state index is 12.4. The van der Waals surface area contributed by atoms with Crippen molar-refractivity contribution in [3.05, 3.63) is 48.4 Å². The average molecular weight is 356 g/mol. The van der Waals surface area contributed by atoms with E-state index in [-0.39, 0.29) is 5.91 Å². The molecule has 1 aliphatic heterocycles. The Morgan fingerprint density at radius 2 is 1.84 bits per heavy atom. The Morgan fingerprint density at radius 1 is 1.12 bits per heavy atom. The second-order valence-corrected chi connectivity index (χ2v) is 7.49. The number of carbonyl (C=O) groups is 1. The van der Waals surface area contributed by atoms with Gasteiger partial charge < -0.3 is 9.80 Å². The number of aromatic nitrogens is 2. The van der Waals surface area contributed by atoms with E-state index >= 15 is 0 Å². The van der Waals surface area contributed by atoms with Crippen molar-refractivity contribution in [1.82, 2.24) is 14.9 Å². The summed E-state index contributed by atoms with van der Waals surface area (Å²) in [5.74, 6) is 2.11. The highest BCUT2D eigenvalue weighted by atomic mass is 32.2. The van der Waals surface area contributed by atoms with Gasteiger partial charge in [-0.3, -0.25) is 9.78 Å². The van der Waals surface area contributed by atoms with Gasteiger partial charge in [-0.05, 0) is 23.6 Å². The van der Waals surface area contributed by atoms with Gasteiger partial charge in [0.2, 0.25) is 5.91 Å². The molecule has 1 aromatic carbocycles. The van der Waals surface area contributed by atoms with Crippen molar-refractivity contribution >= 4 is 23.5 Å². The first kappa shape index (κ1) is 17.7. The molecule has 0 saturated carbocycles. The number of thioether (sulfide) groups is 1. The van der Waals surface area contributed by atoms with Crippen molar-refractivity contribution in [1.29, 1.82) is 0 Å². The zero-order valence-corrected chi connectivity index (χ0v) is 15.6. The van der Waals surface area contributed by atoms with Crippen LogP contribution in [0.15, 0.2) is 47.8 Å². The molecule has 0 spiro atoms. The van der Waals surface area contributed by atoms with Crippen molar-refractivity contribution in [2.75, 3.05) is 36.8 Å². The molecule has 0 aliphatic carbocycles. The lowest BCUT2D eigenvalue weighted by molar-refractivity contribution is -0.128. The number of carbonyl (C=O) groups excluding carboxylic acids is 1. The maximum Gasteiger partial charge on any atom is 0.233 e. The molecule has 132 valence electrons. The number of hydrogen-bond acceptors (Lipinski definition) is 5. The SMILES string of the molecule is CC(C)c1ccc(SCC(=O)N2CCN(c3cnccn3)CC2)cc1. The molecule has 0 N–H and O–H groups in total. The Labute approximate surface area is 153 Å².